The first kappa shape index (κ1) is 12.2. The number of alkyl halides is 3. The van der Waals surface area contributed by atoms with Crippen molar-refractivity contribution >= 4 is 5.91 Å². The third kappa shape index (κ3) is 7.58. The van der Waals surface area contributed by atoms with E-state index >= 15 is 0 Å². The Morgan fingerprint density at radius 3 is 2.46 bits per heavy atom. The highest BCUT2D eigenvalue weighted by molar-refractivity contribution is 5.76. The number of carbonyl (C=O) groups is 1. The maximum atomic E-state index is 11.6. The monoisotopic (exact) mass is 198 g/mol. The highest BCUT2D eigenvalue weighted by atomic mass is 19.4. The number of rotatable bonds is 4. The average Bonchev–Trinajstić information content (AvgIpc) is 1.99. The normalized spacial score (nSPS) is 13.9. The van der Waals surface area contributed by atoms with E-state index in [1.54, 1.807) is 6.92 Å². The molecule has 0 heterocycles. The predicted octanol–water partition coefficient (Wildman–Crippen LogP) is 0.792. The largest absolute Gasteiger partial charge is 0.389 e. The Labute approximate surface area is 74.5 Å². The zero-order valence-corrected chi connectivity index (χ0v) is 7.32. The molecule has 0 aliphatic heterocycles. The molecule has 0 spiro atoms. The van der Waals surface area contributed by atoms with Crippen LogP contribution in [0.5, 0.6) is 0 Å². The molecule has 3 N–H and O–H groups in total. The Kier molecular flexibility index (Phi) is 4.76. The molecule has 78 valence electrons. The van der Waals surface area contributed by atoms with Gasteiger partial charge < -0.3 is 11.1 Å². The first-order chi connectivity index (χ1) is 5.85. The van der Waals surface area contributed by atoms with Gasteiger partial charge in [0.15, 0.2) is 0 Å². The summed E-state index contributed by atoms with van der Waals surface area (Å²) in [5, 5.41) is 2.34. The molecule has 0 saturated heterocycles. The number of nitrogens with two attached hydrogens (primary N) is 1. The number of nitrogens with one attached hydrogen (secondary N) is 1. The van der Waals surface area contributed by atoms with Crippen molar-refractivity contribution in [2.75, 3.05) is 6.54 Å². The standard InChI is InChI=1S/C7H13F3N2O/c1-5(4-11)12-6(13)2-3-7(8,9)10/h5H,2-4,11H2,1H3,(H,12,13)/t5-/m1/s1. The Morgan fingerprint density at radius 1 is 1.54 bits per heavy atom. The van der Waals surface area contributed by atoms with Crippen molar-refractivity contribution in [1.29, 1.82) is 0 Å². The summed E-state index contributed by atoms with van der Waals surface area (Å²) in [6, 6.07) is -0.277. The molecular formula is C7H13F3N2O. The summed E-state index contributed by atoms with van der Waals surface area (Å²) in [6.45, 7) is 1.85. The fraction of sp³-hybridized carbons (Fsp3) is 0.857. The molecule has 0 radical (unpaired) electrons. The molecule has 1 atom stereocenters. The molecule has 0 unspecified atom stereocenters. The van der Waals surface area contributed by atoms with E-state index in [2.05, 4.69) is 5.32 Å². The molecule has 0 aliphatic rings. The summed E-state index contributed by atoms with van der Waals surface area (Å²) < 4.78 is 34.9. The van der Waals surface area contributed by atoms with Crippen LogP contribution < -0.4 is 11.1 Å². The lowest BCUT2D eigenvalue weighted by molar-refractivity contribution is -0.144. The predicted molar refractivity (Wildman–Crippen MR) is 41.9 cm³/mol. The van der Waals surface area contributed by atoms with E-state index in [1.165, 1.54) is 0 Å². The topological polar surface area (TPSA) is 55.1 Å². The quantitative estimate of drug-likeness (QED) is 0.701. The molecule has 1 amide bonds. The first-order valence-electron chi connectivity index (χ1n) is 3.91. The van der Waals surface area contributed by atoms with Gasteiger partial charge in [-0.05, 0) is 6.92 Å². The van der Waals surface area contributed by atoms with E-state index in [4.69, 9.17) is 5.73 Å². The van der Waals surface area contributed by atoms with E-state index in [9.17, 15) is 18.0 Å². The number of halogens is 3. The third-order valence-corrected chi connectivity index (χ3v) is 1.40. The smallest absolute Gasteiger partial charge is 0.352 e. The van der Waals surface area contributed by atoms with Gasteiger partial charge in [-0.2, -0.15) is 13.2 Å². The highest BCUT2D eigenvalue weighted by Crippen LogP contribution is 2.20. The maximum Gasteiger partial charge on any atom is 0.389 e. The van der Waals surface area contributed by atoms with Crippen LogP contribution in [0.15, 0.2) is 0 Å². The summed E-state index contributed by atoms with van der Waals surface area (Å²) in [5.74, 6) is -0.615. The molecular weight excluding hydrogens is 185 g/mol. The second kappa shape index (κ2) is 5.06. The van der Waals surface area contributed by atoms with Crippen LogP contribution in [0.4, 0.5) is 13.2 Å². The van der Waals surface area contributed by atoms with Crippen LogP contribution in [-0.2, 0) is 4.79 Å². The Bertz CT molecular complexity index is 170. The van der Waals surface area contributed by atoms with Crippen LogP contribution in [0.1, 0.15) is 19.8 Å². The van der Waals surface area contributed by atoms with Crippen molar-refractivity contribution in [2.24, 2.45) is 5.73 Å². The number of carbonyl (C=O) groups excluding carboxylic acids is 1. The lowest BCUT2D eigenvalue weighted by Gasteiger charge is -2.11. The number of hydrogen-bond donors (Lipinski definition) is 2. The van der Waals surface area contributed by atoms with Crippen molar-refractivity contribution in [1.82, 2.24) is 5.32 Å². The van der Waals surface area contributed by atoms with E-state index in [-0.39, 0.29) is 12.6 Å². The second-order valence-corrected chi connectivity index (χ2v) is 2.82. The van der Waals surface area contributed by atoms with E-state index in [0.717, 1.165) is 0 Å². The molecule has 0 aliphatic carbocycles. The van der Waals surface area contributed by atoms with E-state index in [0.29, 0.717) is 0 Å². The van der Waals surface area contributed by atoms with Gasteiger partial charge in [0.2, 0.25) is 5.91 Å². The Hall–Kier alpha value is -0.780. The Balaban J connectivity index is 3.64. The Morgan fingerprint density at radius 2 is 2.08 bits per heavy atom. The van der Waals surface area contributed by atoms with Gasteiger partial charge in [0.05, 0.1) is 6.42 Å². The summed E-state index contributed by atoms with van der Waals surface area (Å²) >= 11 is 0. The van der Waals surface area contributed by atoms with Crippen LogP contribution >= 0.6 is 0 Å². The van der Waals surface area contributed by atoms with Gasteiger partial charge in [-0.3, -0.25) is 4.79 Å². The van der Waals surface area contributed by atoms with Gasteiger partial charge in [-0.25, -0.2) is 0 Å². The van der Waals surface area contributed by atoms with Gasteiger partial charge in [0, 0.05) is 19.0 Å². The summed E-state index contributed by atoms with van der Waals surface area (Å²) in [7, 11) is 0. The van der Waals surface area contributed by atoms with Crippen molar-refractivity contribution in [3.8, 4) is 0 Å². The molecule has 3 nitrogen and oxygen atoms in total. The number of amides is 1. The van der Waals surface area contributed by atoms with Gasteiger partial charge in [0.1, 0.15) is 0 Å². The zero-order chi connectivity index (χ0) is 10.5. The van der Waals surface area contributed by atoms with Crippen LogP contribution in [0.2, 0.25) is 0 Å². The van der Waals surface area contributed by atoms with E-state index < -0.39 is 24.9 Å². The summed E-state index contributed by atoms with van der Waals surface area (Å²) in [4.78, 5) is 10.8. The van der Waals surface area contributed by atoms with E-state index in [1.807, 2.05) is 0 Å². The fourth-order valence-electron chi connectivity index (χ4n) is 0.661. The SMILES string of the molecule is C[C@H](CN)NC(=O)CCC(F)(F)F. The minimum Gasteiger partial charge on any atom is -0.352 e. The van der Waals surface area contributed by atoms with Gasteiger partial charge >= 0.3 is 6.18 Å². The molecule has 0 aromatic carbocycles. The maximum absolute atomic E-state index is 11.6. The van der Waals surface area contributed by atoms with Crippen LogP contribution in [-0.4, -0.2) is 24.7 Å². The zero-order valence-electron chi connectivity index (χ0n) is 7.32. The molecule has 0 saturated carbocycles. The fourth-order valence-corrected chi connectivity index (χ4v) is 0.661. The van der Waals surface area contributed by atoms with Crippen LogP contribution in [0.3, 0.4) is 0 Å². The minimum absolute atomic E-state index is 0.220. The molecule has 0 fully saturated rings. The van der Waals surface area contributed by atoms with Crippen LogP contribution in [0.25, 0.3) is 0 Å². The lowest BCUT2D eigenvalue weighted by atomic mass is 10.2. The van der Waals surface area contributed by atoms with Crippen molar-refractivity contribution in [3.63, 3.8) is 0 Å². The third-order valence-electron chi connectivity index (χ3n) is 1.40. The van der Waals surface area contributed by atoms with Gasteiger partial charge in [0.25, 0.3) is 0 Å². The molecule has 0 bridgehead atoms. The molecule has 0 rings (SSSR count). The highest BCUT2D eigenvalue weighted by Gasteiger charge is 2.27. The lowest BCUT2D eigenvalue weighted by Crippen LogP contribution is -2.38. The molecule has 6 heteroatoms. The number of hydrogen-bond acceptors (Lipinski definition) is 2. The van der Waals surface area contributed by atoms with Crippen LogP contribution in [0, 0.1) is 0 Å². The summed E-state index contributed by atoms with van der Waals surface area (Å²) in [5.41, 5.74) is 5.17. The van der Waals surface area contributed by atoms with Crippen molar-refractivity contribution in [3.05, 3.63) is 0 Å². The molecule has 0 aromatic heterocycles. The second-order valence-electron chi connectivity index (χ2n) is 2.82. The van der Waals surface area contributed by atoms with Gasteiger partial charge in [-0.1, -0.05) is 0 Å². The average molecular weight is 198 g/mol. The van der Waals surface area contributed by atoms with Crippen molar-refractivity contribution in [2.45, 2.75) is 32.0 Å². The van der Waals surface area contributed by atoms with Crippen molar-refractivity contribution < 1.29 is 18.0 Å². The molecule has 13 heavy (non-hydrogen) atoms. The molecule has 0 aromatic rings. The van der Waals surface area contributed by atoms with Gasteiger partial charge in [-0.15, -0.1) is 0 Å². The minimum atomic E-state index is -4.27. The summed E-state index contributed by atoms with van der Waals surface area (Å²) in [6.07, 6.45) is -5.90. The first-order valence-corrected chi connectivity index (χ1v) is 3.91.